The second kappa shape index (κ2) is 8.36. The Kier molecular flexibility index (Phi) is 5.90. The van der Waals surface area contributed by atoms with Crippen LogP contribution in [-0.2, 0) is 9.59 Å². The van der Waals surface area contributed by atoms with Crippen LogP contribution in [0, 0.1) is 10.1 Å². The predicted octanol–water partition coefficient (Wildman–Crippen LogP) is 3.45. The smallest absolute Gasteiger partial charge is 0.303 e. The second-order valence-electron chi connectivity index (χ2n) is 5.91. The van der Waals surface area contributed by atoms with E-state index >= 15 is 0 Å². The molecule has 0 aliphatic carbocycles. The summed E-state index contributed by atoms with van der Waals surface area (Å²) in [5.41, 5.74) is 1.44. The third kappa shape index (κ3) is 4.29. The third-order valence-electron chi connectivity index (χ3n) is 4.04. The average molecular weight is 417 g/mol. The number of hydrogen-bond donors (Lipinski definition) is 1. The van der Waals surface area contributed by atoms with E-state index in [1.807, 2.05) is 6.07 Å². The van der Waals surface area contributed by atoms with Crippen molar-refractivity contribution in [2.24, 2.45) is 0 Å². The van der Waals surface area contributed by atoms with E-state index in [1.165, 1.54) is 28.8 Å². The fourth-order valence-corrected chi connectivity index (χ4v) is 3.99. The Bertz CT molecular complexity index is 981. The topological polar surface area (TPSA) is 106 Å². The number of aliphatic carboxylic acids is 1. The normalized spacial score (nSPS) is 15.4. The highest BCUT2D eigenvalue weighted by atomic mass is 32.2. The van der Waals surface area contributed by atoms with Crippen LogP contribution < -0.4 is 0 Å². The first kappa shape index (κ1) is 19.8. The second-order valence-corrected chi connectivity index (χ2v) is 7.58. The molecule has 3 rings (SSSR count). The first-order valence-corrected chi connectivity index (χ1v) is 9.48. The van der Waals surface area contributed by atoms with Gasteiger partial charge in [-0.15, -0.1) is 0 Å². The molecule has 0 radical (unpaired) electrons. The highest BCUT2D eigenvalue weighted by Gasteiger charge is 2.31. The lowest BCUT2D eigenvalue weighted by atomic mass is 10.2. The van der Waals surface area contributed by atoms with E-state index in [0.29, 0.717) is 15.6 Å². The molecule has 2 heterocycles. The van der Waals surface area contributed by atoms with Crippen molar-refractivity contribution in [3.8, 4) is 5.69 Å². The maximum absolute atomic E-state index is 12.6. The number of nitro benzene ring substituents is 1. The summed E-state index contributed by atoms with van der Waals surface area (Å²) in [6.07, 6.45) is 3.80. The summed E-state index contributed by atoms with van der Waals surface area (Å²) < 4.78 is 2.20. The zero-order chi connectivity index (χ0) is 20.3. The maximum atomic E-state index is 12.6. The van der Waals surface area contributed by atoms with Gasteiger partial charge < -0.3 is 9.67 Å². The minimum absolute atomic E-state index is 0.000289. The summed E-state index contributed by atoms with van der Waals surface area (Å²) in [4.78, 5) is 35.5. The molecule has 1 aromatic heterocycles. The summed E-state index contributed by atoms with van der Waals surface area (Å²) in [6.45, 7) is 0.262. The molecule has 0 spiro atoms. The highest BCUT2D eigenvalue weighted by Crippen LogP contribution is 2.33. The lowest BCUT2D eigenvalue weighted by Gasteiger charge is -2.13. The van der Waals surface area contributed by atoms with Gasteiger partial charge in [0.2, 0.25) is 0 Å². The Balaban J connectivity index is 1.80. The van der Waals surface area contributed by atoms with Crippen LogP contribution in [0.4, 0.5) is 5.69 Å². The molecule has 28 heavy (non-hydrogen) atoms. The van der Waals surface area contributed by atoms with Gasteiger partial charge in [0, 0.05) is 42.7 Å². The monoisotopic (exact) mass is 417 g/mol. The molecule has 1 saturated heterocycles. The summed E-state index contributed by atoms with van der Waals surface area (Å²) in [5.74, 6) is -1.17. The number of nitro groups is 1. The Morgan fingerprint density at radius 3 is 2.64 bits per heavy atom. The number of carbonyl (C=O) groups excluding carboxylic acids is 1. The number of thioether (sulfide) groups is 1. The van der Waals surface area contributed by atoms with Gasteiger partial charge in [0.15, 0.2) is 0 Å². The standard InChI is InChI=1S/C18H15N3O5S2/c22-16(23)4-2-10-20-17(24)15(28-18(20)27)11-14-3-1-9-19(14)12-5-7-13(8-6-12)21(25)26/h1,3,5-9,11H,2,4,10H2,(H,22,23)/b15-11+. The van der Waals surface area contributed by atoms with Crippen molar-refractivity contribution in [1.82, 2.24) is 9.47 Å². The molecular formula is C18H15N3O5S2. The van der Waals surface area contributed by atoms with Crippen molar-refractivity contribution in [2.45, 2.75) is 12.8 Å². The van der Waals surface area contributed by atoms with E-state index in [1.54, 1.807) is 35.0 Å². The minimum Gasteiger partial charge on any atom is -0.481 e. The van der Waals surface area contributed by atoms with Gasteiger partial charge in [0.1, 0.15) is 4.32 Å². The van der Waals surface area contributed by atoms with Crippen molar-refractivity contribution in [3.63, 3.8) is 0 Å². The SMILES string of the molecule is O=C(O)CCCN1C(=O)/C(=C\c2cccn2-c2ccc([N+](=O)[O-])cc2)SC1=S. The average Bonchev–Trinajstić information content (AvgIpc) is 3.21. The number of carbonyl (C=O) groups is 2. The number of hydrogen-bond acceptors (Lipinski definition) is 6. The van der Waals surface area contributed by atoms with E-state index in [-0.39, 0.29) is 24.6 Å². The van der Waals surface area contributed by atoms with E-state index in [0.717, 1.165) is 11.4 Å². The lowest BCUT2D eigenvalue weighted by molar-refractivity contribution is -0.384. The molecule has 1 N–H and O–H groups in total. The number of carboxylic acid groups (broad SMARTS) is 1. The molecule has 8 nitrogen and oxygen atoms in total. The molecule has 0 saturated carbocycles. The molecule has 2 aromatic rings. The van der Waals surface area contributed by atoms with Gasteiger partial charge >= 0.3 is 5.97 Å². The molecule has 0 bridgehead atoms. The van der Waals surface area contributed by atoms with Crippen LogP contribution in [0.5, 0.6) is 0 Å². The number of rotatable bonds is 7. The molecule has 1 fully saturated rings. The first-order chi connectivity index (χ1) is 13.4. The van der Waals surface area contributed by atoms with E-state index < -0.39 is 10.9 Å². The fourth-order valence-electron chi connectivity index (χ4n) is 2.70. The molecular weight excluding hydrogens is 402 g/mol. The van der Waals surface area contributed by atoms with Crippen LogP contribution in [0.3, 0.4) is 0 Å². The van der Waals surface area contributed by atoms with Gasteiger partial charge in [-0.3, -0.25) is 24.6 Å². The number of benzene rings is 1. The van der Waals surface area contributed by atoms with Gasteiger partial charge in [0.25, 0.3) is 11.6 Å². The number of non-ortho nitro benzene ring substituents is 1. The fraction of sp³-hybridized carbons (Fsp3) is 0.167. The van der Waals surface area contributed by atoms with E-state index in [9.17, 15) is 19.7 Å². The molecule has 144 valence electrons. The summed E-state index contributed by atoms with van der Waals surface area (Å²) >= 11 is 6.41. The van der Waals surface area contributed by atoms with Crippen LogP contribution in [0.15, 0.2) is 47.5 Å². The maximum Gasteiger partial charge on any atom is 0.303 e. The molecule has 0 unspecified atom stereocenters. The Hall–Kier alpha value is -2.98. The zero-order valence-corrected chi connectivity index (χ0v) is 16.1. The molecule has 1 aliphatic rings. The van der Waals surface area contributed by atoms with Gasteiger partial charge in [0.05, 0.1) is 9.83 Å². The molecule has 0 atom stereocenters. The molecule has 1 amide bonds. The number of amides is 1. The van der Waals surface area contributed by atoms with Crippen LogP contribution >= 0.6 is 24.0 Å². The first-order valence-electron chi connectivity index (χ1n) is 8.26. The van der Waals surface area contributed by atoms with Crippen molar-refractivity contribution in [1.29, 1.82) is 0 Å². The van der Waals surface area contributed by atoms with E-state index in [2.05, 4.69) is 0 Å². The largest absolute Gasteiger partial charge is 0.481 e. The Labute approximate surface area is 169 Å². The summed E-state index contributed by atoms with van der Waals surface area (Å²) in [5, 5.41) is 19.5. The zero-order valence-electron chi connectivity index (χ0n) is 14.5. The van der Waals surface area contributed by atoms with Crippen LogP contribution in [0.25, 0.3) is 11.8 Å². The Morgan fingerprint density at radius 1 is 1.29 bits per heavy atom. The minimum atomic E-state index is -0.915. The molecule has 1 aromatic carbocycles. The van der Waals surface area contributed by atoms with Gasteiger partial charge in [-0.25, -0.2) is 0 Å². The van der Waals surface area contributed by atoms with Crippen molar-refractivity contribution >= 4 is 51.9 Å². The number of thiocarbonyl (C=S) groups is 1. The molecule has 10 heteroatoms. The quantitative estimate of drug-likeness (QED) is 0.318. The number of carboxylic acids is 1. The van der Waals surface area contributed by atoms with Crippen LogP contribution in [0.2, 0.25) is 0 Å². The highest BCUT2D eigenvalue weighted by molar-refractivity contribution is 8.26. The van der Waals surface area contributed by atoms with Crippen LogP contribution in [0.1, 0.15) is 18.5 Å². The van der Waals surface area contributed by atoms with E-state index in [4.69, 9.17) is 17.3 Å². The van der Waals surface area contributed by atoms with Crippen molar-refractivity contribution in [3.05, 3.63) is 63.3 Å². The van der Waals surface area contributed by atoms with Crippen molar-refractivity contribution < 1.29 is 19.6 Å². The summed E-state index contributed by atoms with van der Waals surface area (Å²) in [7, 11) is 0. The molecule has 1 aliphatic heterocycles. The van der Waals surface area contributed by atoms with Crippen molar-refractivity contribution in [2.75, 3.05) is 6.54 Å². The van der Waals surface area contributed by atoms with Gasteiger partial charge in [-0.2, -0.15) is 0 Å². The third-order valence-corrected chi connectivity index (χ3v) is 5.42. The van der Waals surface area contributed by atoms with Gasteiger partial charge in [-0.1, -0.05) is 24.0 Å². The van der Waals surface area contributed by atoms with Gasteiger partial charge in [-0.05, 0) is 36.8 Å². The predicted molar refractivity (Wildman–Crippen MR) is 109 cm³/mol. The number of nitrogens with zero attached hydrogens (tertiary/aromatic N) is 3. The lowest BCUT2D eigenvalue weighted by Crippen LogP contribution is -2.29. The van der Waals surface area contributed by atoms with Crippen LogP contribution in [-0.4, -0.2) is 42.2 Å². The summed E-state index contributed by atoms with van der Waals surface area (Å²) in [6, 6.07) is 9.72. The Morgan fingerprint density at radius 2 is 2.00 bits per heavy atom. The number of aromatic nitrogens is 1.